The van der Waals surface area contributed by atoms with Crippen molar-refractivity contribution in [1.29, 1.82) is 0 Å². The van der Waals surface area contributed by atoms with Gasteiger partial charge >= 0.3 is 0 Å². The first-order chi connectivity index (χ1) is 26.2. The molecule has 2 bridgehead atoms. The van der Waals surface area contributed by atoms with Crippen LogP contribution >= 0.6 is 0 Å². The third kappa shape index (κ3) is 12.0. The van der Waals surface area contributed by atoms with Gasteiger partial charge in [-0.05, 0) is 38.1 Å². The zero-order chi connectivity index (χ0) is 37.0. The molecule has 2 aliphatic heterocycles. The summed E-state index contributed by atoms with van der Waals surface area (Å²) in [5.41, 5.74) is 2.67. The Labute approximate surface area is 315 Å². The third-order valence-corrected chi connectivity index (χ3v) is 10.3. The highest BCUT2D eigenvalue weighted by Crippen LogP contribution is 2.62. The summed E-state index contributed by atoms with van der Waals surface area (Å²) in [6, 6.07) is 4.77. The molecule has 0 radical (unpaired) electrons. The van der Waals surface area contributed by atoms with Gasteiger partial charge in [0.15, 0.2) is 11.5 Å². The van der Waals surface area contributed by atoms with E-state index in [4.69, 9.17) is 61.6 Å². The van der Waals surface area contributed by atoms with Gasteiger partial charge in [0, 0.05) is 30.0 Å². The maximum Gasteiger partial charge on any atom is 0.165 e. The number of benzene rings is 1. The first-order valence-electron chi connectivity index (χ1n) is 19.3. The van der Waals surface area contributed by atoms with E-state index in [0.29, 0.717) is 144 Å². The van der Waals surface area contributed by atoms with Crippen LogP contribution < -0.4 is 9.47 Å². The van der Waals surface area contributed by atoms with Crippen molar-refractivity contribution in [2.24, 2.45) is 5.92 Å². The van der Waals surface area contributed by atoms with Crippen LogP contribution in [0.15, 0.2) is 24.3 Å². The lowest BCUT2D eigenvalue weighted by molar-refractivity contribution is -0.0818. The van der Waals surface area contributed by atoms with Crippen molar-refractivity contribution >= 4 is 0 Å². The van der Waals surface area contributed by atoms with Gasteiger partial charge in [-0.2, -0.15) is 0 Å². The second-order valence-electron chi connectivity index (χ2n) is 13.5. The highest BCUT2D eigenvalue weighted by atomic mass is 16.6. The molecule has 302 valence electrons. The van der Waals surface area contributed by atoms with Crippen molar-refractivity contribution < 1.29 is 61.6 Å². The molecule has 14 heteroatoms. The summed E-state index contributed by atoms with van der Waals surface area (Å²) in [7, 11) is 5.62. The molecule has 2 heterocycles. The smallest absolute Gasteiger partial charge is 0.165 e. The van der Waals surface area contributed by atoms with Crippen molar-refractivity contribution in [2.45, 2.75) is 36.5 Å². The summed E-state index contributed by atoms with van der Waals surface area (Å²) in [5.74, 6) is 2.14. The predicted molar refractivity (Wildman–Crippen MR) is 195 cm³/mol. The Morgan fingerprint density at radius 2 is 1.09 bits per heavy atom. The largest absolute Gasteiger partial charge is 0.493 e. The third-order valence-electron chi connectivity index (χ3n) is 10.3. The minimum Gasteiger partial charge on any atom is -0.493 e. The van der Waals surface area contributed by atoms with E-state index in [1.165, 1.54) is 11.1 Å². The zero-order valence-electron chi connectivity index (χ0n) is 32.1. The lowest BCUT2D eigenvalue weighted by Crippen LogP contribution is -2.65. The normalized spacial score (nSPS) is 24.1. The Hall–Kier alpha value is -1.92. The van der Waals surface area contributed by atoms with E-state index in [2.05, 4.69) is 36.2 Å². The Balaban J connectivity index is 0.783. The van der Waals surface area contributed by atoms with Crippen molar-refractivity contribution in [3.05, 3.63) is 35.4 Å². The fraction of sp³-hybridized carbons (Fsp3) is 0.795. The van der Waals surface area contributed by atoms with Gasteiger partial charge in [0.2, 0.25) is 0 Å². The summed E-state index contributed by atoms with van der Waals surface area (Å²) in [5, 5.41) is 0. The standard InChI is InChI=1S/C39H63NO13/c1-40-9-8-39-32-5-7-35(38(39)53-37-34(42-3)6-4-31(36(37)39)30-33(32)40)52-29-28-51-27-26-50-25-24-49-23-22-48-21-20-47-19-18-46-17-16-45-15-14-44-13-12-43-11-10-41-2/h4-7,32-33,35,38H,8-30H2,1-3H3/t32?,33?,35-,38-,39-/m0/s1. The van der Waals surface area contributed by atoms with Gasteiger partial charge in [-0.1, -0.05) is 18.2 Å². The van der Waals surface area contributed by atoms with Crippen LogP contribution in [0.1, 0.15) is 17.5 Å². The SMILES string of the molecule is COCCOCCOCCOCCOCCOCCOCCOCCOCCOCCO[C@H]1C=CC2C3Cc4ccc(OC)c5c4[C@@]2(CCN3C)[C@H]1O5. The molecule has 0 N–H and O–H groups in total. The van der Waals surface area contributed by atoms with Gasteiger partial charge in [0.05, 0.1) is 139 Å². The molecule has 0 aromatic heterocycles. The molecule has 0 saturated carbocycles. The molecule has 5 rings (SSSR count). The van der Waals surface area contributed by atoms with Gasteiger partial charge in [-0.25, -0.2) is 0 Å². The number of methoxy groups -OCH3 is 2. The van der Waals surface area contributed by atoms with Crippen LogP contribution in [0, 0.1) is 5.92 Å². The van der Waals surface area contributed by atoms with E-state index in [-0.39, 0.29) is 17.6 Å². The Morgan fingerprint density at radius 3 is 1.57 bits per heavy atom. The molecule has 1 aromatic rings. The van der Waals surface area contributed by atoms with Crippen LogP contribution in [0.3, 0.4) is 0 Å². The van der Waals surface area contributed by atoms with E-state index in [0.717, 1.165) is 30.9 Å². The van der Waals surface area contributed by atoms with Crippen LogP contribution in [0.4, 0.5) is 0 Å². The molecule has 4 aliphatic rings. The van der Waals surface area contributed by atoms with Gasteiger partial charge in [0.25, 0.3) is 0 Å². The molecule has 14 nitrogen and oxygen atoms in total. The maximum absolute atomic E-state index is 6.75. The highest BCUT2D eigenvalue weighted by molar-refractivity contribution is 5.62. The molecule has 0 amide bonds. The van der Waals surface area contributed by atoms with E-state index >= 15 is 0 Å². The summed E-state index contributed by atoms with van der Waals surface area (Å²) >= 11 is 0. The molecule has 2 aliphatic carbocycles. The molecule has 1 aromatic carbocycles. The van der Waals surface area contributed by atoms with E-state index < -0.39 is 0 Å². The average Bonchev–Trinajstić information content (AvgIpc) is 3.53. The number of rotatable bonds is 32. The van der Waals surface area contributed by atoms with Crippen molar-refractivity contribution in [3.8, 4) is 11.5 Å². The van der Waals surface area contributed by atoms with Gasteiger partial charge in [-0.15, -0.1) is 0 Å². The minimum atomic E-state index is -0.136. The monoisotopic (exact) mass is 753 g/mol. The van der Waals surface area contributed by atoms with Crippen LogP contribution in [-0.4, -0.2) is 183 Å². The minimum absolute atomic E-state index is 0.0659. The Morgan fingerprint density at radius 1 is 0.623 bits per heavy atom. The van der Waals surface area contributed by atoms with E-state index in [1.54, 1.807) is 14.2 Å². The molecule has 1 spiro atoms. The van der Waals surface area contributed by atoms with Crippen LogP contribution in [-0.2, 0) is 63.9 Å². The second kappa shape index (κ2) is 23.9. The van der Waals surface area contributed by atoms with Crippen molar-refractivity contribution in [3.63, 3.8) is 0 Å². The van der Waals surface area contributed by atoms with Gasteiger partial charge < -0.3 is 66.5 Å². The quantitative estimate of drug-likeness (QED) is 0.0790. The number of likely N-dealkylation sites (tertiary alicyclic amines) is 1. The predicted octanol–water partition coefficient (Wildman–Crippen LogP) is 2.32. The molecule has 5 atom stereocenters. The fourth-order valence-corrected chi connectivity index (χ4v) is 7.76. The maximum atomic E-state index is 6.75. The Bertz CT molecular complexity index is 1190. The lowest BCUT2D eigenvalue weighted by atomic mass is 9.53. The van der Waals surface area contributed by atoms with Gasteiger partial charge in [0.1, 0.15) is 12.2 Å². The number of piperidine rings is 1. The summed E-state index contributed by atoms with van der Waals surface area (Å²) in [4.78, 5) is 2.52. The highest BCUT2D eigenvalue weighted by Gasteiger charge is 2.64. The number of hydrogen-bond acceptors (Lipinski definition) is 14. The first kappa shape index (κ1) is 42.2. The summed E-state index contributed by atoms with van der Waals surface area (Å²) < 4.78 is 73.5. The first-order valence-corrected chi connectivity index (χ1v) is 19.3. The van der Waals surface area contributed by atoms with Crippen LogP contribution in [0.2, 0.25) is 0 Å². The average molecular weight is 754 g/mol. The lowest BCUT2D eigenvalue weighted by Gasteiger charge is -2.56. The fourth-order valence-electron chi connectivity index (χ4n) is 7.76. The van der Waals surface area contributed by atoms with Crippen LogP contribution in [0.5, 0.6) is 11.5 Å². The second-order valence-corrected chi connectivity index (χ2v) is 13.5. The summed E-state index contributed by atoms with van der Waals surface area (Å²) in [6.07, 6.45) is 6.49. The number of nitrogens with zero attached hydrogens (tertiary/aromatic N) is 1. The molecule has 2 unspecified atom stereocenters. The van der Waals surface area contributed by atoms with Gasteiger partial charge in [-0.3, -0.25) is 0 Å². The van der Waals surface area contributed by atoms with Crippen molar-refractivity contribution in [2.75, 3.05) is 160 Å². The number of likely N-dealkylation sites (N-methyl/N-ethyl adjacent to an activating group) is 1. The Kier molecular flexibility index (Phi) is 19.0. The zero-order valence-corrected chi connectivity index (χ0v) is 32.1. The molecule has 1 fully saturated rings. The molecular weight excluding hydrogens is 690 g/mol. The van der Waals surface area contributed by atoms with E-state index in [1.807, 2.05) is 0 Å². The molecule has 53 heavy (non-hydrogen) atoms. The number of ether oxygens (including phenoxy) is 13. The topological polar surface area (TPSA) is 123 Å². The molecule has 1 saturated heterocycles. The molecular formula is C39H63NO13. The number of hydrogen-bond donors (Lipinski definition) is 0. The van der Waals surface area contributed by atoms with Crippen molar-refractivity contribution in [1.82, 2.24) is 4.90 Å². The summed E-state index contributed by atoms with van der Waals surface area (Å²) in [6.45, 7) is 11.5. The van der Waals surface area contributed by atoms with Crippen LogP contribution in [0.25, 0.3) is 0 Å². The van der Waals surface area contributed by atoms with E-state index in [9.17, 15) is 0 Å².